The third-order valence-electron chi connectivity index (χ3n) is 4.96. The van der Waals surface area contributed by atoms with Crippen molar-refractivity contribution in [3.8, 4) is 17.2 Å². The standard InChI is InChI=1S/C23H27FN4O3/c1-4-27(5-2)12-13-31-22-14-18(8-11-21(22)30-3)26-23(29)20-15-25-16-28(20)19-9-6-17(24)7-10-19/h6-11,14-16H,4-5,12-13H2,1-3H3,(H,26,29). The van der Waals surface area contributed by atoms with Crippen molar-refractivity contribution in [3.05, 3.63) is 66.5 Å². The van der Waals surface area contributed by atoms with Crippen molar-refractivity contribution in [1.82, 2.24) is 14.5 Å². The number of methoxy groups -OCH3 is 1. The Morgan fingerprint density at radius 2 is 1.87 bits per heavy atom. The van der Waals surface area contributed by atoms with Gasteiger partial charge in [0.2, 0.25) is 0 Å². The van der Waals surface area contributed by atoms with E-state index >= 15 is 0 Å². The molecule has 0 aliphatic rings. The monoisotopic (exact) mass is 426 g/mol. The van der Waals surface area contributed by atoms with Gasteiger partial charge in [0.25, 0.3) is 5.91 Å². The number of amides is 1. The van der Waals surface area contributed by atoms with Crippen LogP contribution >= 0.6 is 0 Å². The number of imidazole rings is 1. The number of aromatic nitrogens is 2. The molecule has 0 spiro atoms. The summed E-state index contributed by atoms with van der Waals surface area (Å²) < 4.78 is 26.1. The Morgan fingerprint density at radius 3 is 2.55 bits per heavy atom. The molecule has 8 heteroatoms. The lowest BCUT2D eigenvalue weighted by Crippen LogP contribution is -2.28. The van der Waals surface area contributed by atoms with Crippen molar-refractivity contribution in [2.45, 2.75) is 13.8 Å². The van der Waals surface area contributed by atoms with Crippen molar-refractivity contribution in [2.75, 3.05) is 38.7 Å². The van der Waals surface area contributed by atoms with Gasteiger partial charge in [-0.05, 0) is 49.5 Å². The summed E-state index contributed by atoms with van der Waals surface area (Å²) in [7, 11) is 1.58. The molecule has 0 saturated carbocycles. The largest absolute Gasteiger partial charge is 0.493 e. The van der Waals surface area contributed by atoms with Gasteiger partial charge in [0.15, 0.2) is 11.5 Å². The molecule has 0 saturated heterocycles. The van der Waals surface area contributed by atoms with Crippen LogP contribution in [0.4, 0.5) is 10.1 Å². The van der Waals surface area contributed by atoms with Crippen LogP contribution in [-0.2, 0) is 0 Å². The number of ether oxygens (including phenoxy) is 2. The van der Waals surface area contributed by atoms with Gasteiger partial charge in [-0.2, -0.15) is 0 Å². The summed E-state index contributed by atoms with van der Waals surface area (Å²) in [5, 5.41) is 2.86. The fraction of sp³-hybridized carbons (Fsp3) is 0.304. The number of likely N-dealkylation sites (N-methyl/N-ethyl adjacent to an activating group) is 1. The summed E-state index contributed by atoms with van der Waals surface area (Å²) in [6, 6.07) is 11.1. The predicted molar refractivity (Wildman–Crippen MR) is 118 cm³/mol. The molecule has 0 bridgehead atoms. The molecule has 0 fully saturated rings. The van der Waals surface area contributed by atoms with Crippen LogP contribution in [0.3, 0.4) is 0 Å². The van der Waals surface area contributed by atoms with Crippen LogP contribution in [0, 0.1) is 5.82 Å². The molecule has 1 heterocycles. The lowest BCUT2D eigenvalue weighted by molar-refractivity contribution is 0.102. The SMILES string of the molecule is CCN(CC)CCOc1cc(NC(=O)c2cncn2-c2ccc(F)cc2)ccc1OC. The molecule has 1 amide bonds. The van der Waals surface area contributed by atoms with Crippen LogP contribution in [0.1, 0.15) is 24.3 Å². The fourth-order valence-corrected chi connectivity index (χ4v) is 3.16. The Hall–Kier alpha value is -3.39. The maximum Gasteiger partial charge on any atom is 0.274 e. The molecule has 0 atom stereocenters. The molecule has 164 valence electrons. The average molecular weight is 426 g/mol. The van der Waals surface area contributed by atoms with Crippen LogP contribution in [0.5, 0.6) is 11.5 Å². The number of nitrogens with one attached hydrogen (secondary N) is 1. The van der Waals surface area contributed by atoms with Gasteiger partial charge in [-0.3, -0.25) is 9.36 Å². The zero-order valence-corrected chi connectivity index (χ0v) is 18.0. The van der Waals surface area contributed by atoms with E-state index in [9.17, 15) is 9.18 Å². The van der Waals surface area contributed by atoms with Crippen molar-refractivity contribution >= 4 is 11.6 Å². The molecule has 3 aromatic rings. The second-order valence-electron chi connectivity index (χ2n) is 6.82. The smallest absolute Gasteiger partial charge is 0.274 e. The first-order valence-corrected chi connectivity index (χ1v) is 10.2. The summed E-state index contributed by atoms with van der Waals surface area (Å²) in [5.41, 5.74) is 1.53. The van der Waals surface area contributed by atoms with E-state index in [1.54, 1.807) is 42.0 Å². The molecule has 3 rings (SSSR count). The van der Waals surface area contributed by atoms with Gasteiger partial charge in [0, 0.05) is 24.0 Å². The van der Waals surface area contributed by atoms with E-state index in [1.807, 2.05) is 0 Å². The Bertz CT molecular complexity index is 1000. The Labute approximate surface area is 181 Å². The highest BCUT2D eigenvalue weighted by molar-refractivity contribution is 6.03. The Kier molecular flexibility index (Phi) is 7.61. The van der Waals surface area contributed by atoms with E-state index in [0.29, 0.717) is 35.2 Å². The number of benzene rings is 2. The molecule has 0 aliphatic carbocycles. The van der Waals surface area contributed by atoms with Crippen LogP contribution in [0.2, 0.25) is 0 Å². The highest BCUT2D eigenvalue weighted by atomic mass is 19.1. The predicted octanol–water partition coefficient (Wildman–Crippen LogP) is 3.99. The van der Waals surface area contributed by atoms with Gasteiger partial charge < -0.3 is 19.7 Å². The molecule has 0 aliphatic heterocycles. The van der Waals surface area contributed by atoms with Crippen LogP contribution in [-0.4, -0.2) is 53.7 Å². The van der Waals surface area contributed by atoms with Gasteiger partial charge in [-0.15, -0.1) is 0 Å². The van der Waals surface area contributed by atoms with Crippen molar-refractivity contribution in [2.24, 2.45) is 0 Å². The van der Waals surface area contributed by atoms with E-state index in [4.69, 9.17) is 9.47 Å². The molecule has 1 N–H and O–H groups in total. The Balaban J connectivity index is 1.73. The molecule has 31 heavy (non-hydrogen) atoms. The number of nitrogens with zero attached hydrogens (tertiary/aromatic N) is 3. The highest BCUT2D eigenvalue weighted by Gasteiger charge is 2.15. The quantitative estimate of drug-likeness (QED) is 0.531. The average Bonchev–Trinajstić information content (AvgIpc) is 3.27. The number of rotatable bonds is 10. The van der Waals surface area contributed by atoms with E-state index in [0.717, 1.165) is 19.6 Å². The number of anilines is 1. The molecular weight excluding hydrogens is 399 g/mol. The third kappa shape index (κ3) is 5.61. The Morgan fingerprint density at radius 1 is 1.13 bits per heavy atom. The summed E-state index contributed by atoms with van der Waals surface area (Å²) in [6.07, 6.45) is 2.97. The highest BCUT2D eigenvalue weighted by Crippen LogP contribution is 2.30. The molecule has 0 radical (unpaired) electrons. The molecule has 2 aromatic carbocycles. The molecular formula is C23H27FN4O3. The lowest BCUT2D eigenvalue weighted by atomic mass is 10.2. The van der Waals surface area contributed by atoms with Crippen molar-refractivity contribution < 1.29 is 18.7 Å². The van der Waals surface area contributed by atoms with Gasteiger partial charge >= 0.3 is 0 Å². The van der Waals surface area contributed by atoms with Gasteiger partial charge in [-0.25, -0.2) is 9.37 Å². The first kappa shape index (κ1) is 22.3. The van der Waals surface area contributed by atoms with Crippen LogP contribution in [0.25, 0.3) is 5.69 Å². The van der Waals surface area contributed by atoms with Crippen LogP contribution < -0.4 is 14.8 Å². The van der Waals surface area contributed by atoms with Gasteiger partial charge in [-0.1, -0.05) is 13.8 Å². The first-order valence-electron chi connectivity index (χ1n) is 10.2. The minimum Gasteiger partial charge on any atom is -0.493 e. The number of hydrogen-bond acceptors (Lipinski definition) is 5. The van der Waals surface area contributed by atoms with Crippen LogP contribution in [0.15, 0.2) is 55.0 Å². The fourth-order valence-electron chi connectivity index (χ4n) is 3.16. The number of halogens is 1. The maximum atomic E-state index is 13.2. The van der Waals surface area contributed by atoms with Gasteiger partial charge in [0.1, 0.15) is 18.1 Å². The third-order valence-corrected chi connectivity index (χ3v) is 4.96. The van der Waals surface area contributed by atoms with E-state index < -0.39 is 0 Å². The van der Waals surface area contributed by atoms with Crippen molar-refractivity contribution in [1.29, 1.82) is 0 Å². The zero-order valence-electron chi connectivity index (χ0n) is 18.0. The van der Waals surface area contributed by atoms with E-state index in [-0.39, 0.29) is 11.7 Å². The first-order chi connectivity index (χ1) is 15.0. The van der Waals surface area contributed by atoms with Gasteiger partial charge in [0.05, 0.1) is 19.6 Å². The molecule has 7 nitrogen and oxygen atoms in total. The minimum absolute atomic E-state index is 0.325. The molecule has 0 unspecified atom stereocenters. The second-order valence-corrected chi connectivity index (χ2v) is 6.82. The van der Waals surface area contributed by atoms with E-state index in [2.05, 4.69) is 29.0 Å². The normalized spacial score (nSPS) is 10.9. The molecule has 1 aromatic heterocycles. The number of carbonyl (C=O) groups excluding carboxylic acids is 1. The summed E-state index contributed by atoms with van der Waals surface area (Å²) >= 11 is 0. The van der Waals surface area contributed by atoms with E-state index in [1.165, 1.54) is 24.7 Å². The number of carbonyl (C=O) groups is 1. The number of hydrogen-bond donors (Lipinski definition) is 1. The summed E-state index contributed by atoms with van der Waals surface area (Å²) in [5.74, 6) is 0.455. The summed E-state index contributed by atoms with van der Waals surface area (Å²) in [6.45, 7) is 7.42. The van der Waals surface area contributed by atoms with Crippen molar-refractivity contribution in [3.63, 3.8) is 0 Å². The summed E-state index contributed by atoms with van der Waals surface area (Å²) in [4.78, 5) is 19.2. The minimum atomic E-state index is -0.346. The lowest BCUT2D eigenvalue weighted by Gasteiger charge is -2.19. The second kappa shape index (κ2) is 10.6. The topological polar surface area (TPSA) is 68.6 Å². The maximum absolute atomic E-state index is 13.2. The zero-order chi connectivity index (χ0) is 22.2.